The Morgan fingerprint density at radius 2 is 2.00 bits per heavy atom. The second-order valence-corrected chi connectivity index (χ2v) is 9.18. The summed E-state index contributed by atoms with van der Waals surface area (Å²) in [5, 5.41) is 4.53. The molecular weight excluding hydrogens is 268 g/mol. The average Bonchev–Trinajstić information content (AvgIpc) is 2.37. The van der Waals surface area contributed by atoms with E-state index in [1.54, 1.807) is 0 Å². The highest BCUT2D eigenvalue weighted by Crippen LogP contribution is 2.33. The van der Waals surface area contributed by atoms with Gasteiger partial charge in [-0.15, -0.1) is 0 Å². The summed E-state index contributed by atoms with van der Waals surface area (Å²) < 4.78 is 5.62. The van der Waals surface area contributed by atoms with Gasteiger partial charge in [0, 0.05) is 55.9 Å². The first-order valence-electron chi connectivity index (χ1n) is 8.05. The molecule has 1 unspecified atom stereocenters. The summed E-state index contributed by atoms with van der Waals surface area (Å²) in [5.41, 5.74) is 0.615. The molecule has 2 heterocycles. The predicted octanol–water partition coefficient (Wildman–Crippen LogP) is 2.61. The molecule has 0 saturated carbocycles. The summed E-state index contributed by atoms with van der Waals surface area (Å²) in [6.45, 7) is 15.9. The molecule has 0 aromatic carbocycles. The molecule has 4 heteroatoms. The van der Waals surface area contributed by atoms with Crippen LogP contribution in [0.3, 0.4) is 0 Å². The highest BCUT2D eigenvalue weighted by Gasteiger charge is 2.36. The zero-order chi connectivity index (χ0) is 14.6. The third-order valence-corrected chi connectivity index (χ3v) is 5.57. The van der Waals surface area contributed by atoms with Crippen molar-refractivity contribution in [3.05, 3.63) is 0 Å². The number of nitrogens with zero attached hydrogens (tertiary/aromatic N) is 1. The average molecular weight is 301 g/mol. The lowest BCUT2D eigenvalue weighted by atomic mass is 9.79. The maximum absolute atomic E-state index is 5.62. The monoisotopic (exact) mass is 300 g/mol. The number of thioether (sulfide) groups is 1. The minimum absolute atomic E-state index is 0.205. The van der Waals surface area contributed by atoms with Gasteiger partial charge in [0.1, 0.15) is 0 Å². The van der Waals surface area contributed by atoms with E-state index in [0.717, 1.165) is 25.0 Å². The molecule has 0 spiro atoms. The number of hydrogen-bond donors (Lipinski definition) is 1. The van der Waals surface area contributed by atoms with Gasteiger partial charge in [-0.05, 0) is 39.0 Å². The van der Waals surface area contributed by atoms with Crippen molar-refractivity contribution in [2.24, 2.45) is 5.41 Å². The van der Waals surface area contributed by atoms with Crippen LogP contribution in [0.25, 0.3) is 0 Å². The lowest BCUT2D eigenvalue weighted by Gasteiger charge is -2.44. The molecule has 1 N–H and O–H groups in total. The van der Waals surface area contributed by atoms with Crippen molar-refractivity contribution in [3.8, 4) is 0 Å². The quantitative estimate of drug-likeness (QED) is 0.862. The van der Waals surface area contributed by atoms with Crippen LogP contribution in [0.2, 0.25) is 0 Å². The summed E-state index contributed by atoms with van der Waals surface area (Å²) >= 11 is 2.12. The highest BCUT2D eigenvalue weighted by atomic mass is 32.2. The van der Waals surface area contributed by atoms with Crippen molar-refractivity contribution in [2.45, 2.75) is 51.3 Å². The van der Waals surface area contributed by atoms with Gasteiger partial charge in [-0.25, -0.2) is 0 Å². The third kappa shape index (κ3) is 5.21. The smallest absolute Gasteiger partial charge is 0.0472 e. The van der Waals surface area contributed by atoms with Gasteiger partial charge >= 0.3 is 0 Å². The Balaban J connectivity index is 1.95. The molecule has 0 aromatic rings. The summed E-state index contributed by atoms with van der Waals surface area (Å²) in [4.78, 5) is 2.69. The molecule has 20 heavy (non-hydrogen) atoms. The van der Waals surface area contributed by atoms with E-state index in [2.05, 4.69) is 49.7 Å². The maximum atomic E-state index is 5.62. The van der Waals surface area contributed by atoms with Crippen LogP contribution >= 0.6 is 11.8 Å². The molecule has 2 rings (SSSR count). The van der Waals surface area contributed by atoms with Gasteiger partial charge in [0.25, 0.3) is 0 Å². The number of hydrogen-bond acceptors (Lipinski definition) is 4. The van der Waals surface area contributed by atoms with E-state index in [9.17, 15) is 0 Å². The van der Waals surface area contributed by atoms with Crippen LogP contribution in [0.5, 0.6) is 0 Å². The fourth-order valence-electron chi connectivity index (χ4n) is 3.16. The summed E-state index contributed by atoms with van der Waals surface area (Å²) in [7, 11) is 0. The van der Waals surface area contributed by atoms with E-state index in [-0.39, 0.29) is 5.54 Å². The molecule has 1 atom stereocenters. The van der Waals surface area contributed by atoms with Crippen LogP contribution < -0.4 is 5.32 Å². The predicted molar refractivity (Wildman–Crippen MR) is 88.6 cm³/mol. The Morgan fingerprint density at radius 1 is 1.30 bits per heavy atom. The molecule has 2 fully saturated rings. The maximum Gasteiger partial charge on any atom is 0.0472 e. The van der Waals surface area contributed by atoms with Crippen molar-refractivity contribution in [3.63, 3.8) is 0 Å². The van der Waals surface area contributed by atoms with Gasteiger partial charge in [0.2, 0.25) is 0 Å². The van der Waals surface area contributed by atoms with Gasteiger partial charge in [0.15, 0.2) is 0 Å². The van der Waals surface area contributed by atoms with Crippen LogP contribution in [0, 0.1) is 5.41 Å². The molecule has 0 amide bonds. The Hall–Kier alpha value is 0.230. The van der Waals surface area contributed by atoms with Crippen molar-refractivity contribution in [2.75, 3.05) is 45.1 Å². The van der Waals surface area contributed by atoms with Crippen LogP contribution in [-0.2, 0) is 4.74 Å². The molecule has 3 nitrogen and oxygen atoms in total. The Morgan fingerprint density at radius 3 is 2.60 bits per heavy atom. The summed E-state index contributed by atoms with van der Waals surface area (Å²) in [6, 6.07) is 0. The van der Waals surface area contributed by atoms with Gasteiger partial charge in [0.05, 0.1) is 0 Å². The van der Waals surface area contributed by atoms with E-state index in [0.29, 0.717) is 5.41 Å². The van der Waals surface area contributed by atoms with Crippen molar-refractivity contribution < 1.29 is 4.74 Å². The van der Waals surface area contributed by atoms with Crippen molar-refractivity contribution in [1.82, 2.24) is 10.2 Å². The highest BCUT2D eigenvalue weighted by molar-refractivity contribution is 7.99. The number of ether oxygens (including phenoxy) is 1. The first-order valence-corrected chi connectivity index (χ1v) is 9.10. The molecule has 118 valence electrons. The van der Waals surface area contributed by atoms with Crippen LogP contribution in [0.4, 0.5) is 0 Å². The number of nitrogens with one attached hydrogen (secondary N) is 1. The van der Waals surface area contributed by atoms with Crippen molar-refractivity contribution >= 4 is 11.8 Å². The van der Waals surface area contributed by atoms with Crippen LogP contribution in [0.1, 0.15) is 40.5 Å². The lowest BCUT2D eigenvalue weighted by Crippen LogP contribution is -2.52. The summed E-state index contributed by atoms with van der Waals surface area (Å²) in [6.07, 6.45) is 2.40. The molecule has 0 aliphatic carbocycles. The third-order valence-electron chi connectivity index (χ3n) is 4.43. The normalized spacial score (nSPS) is 28.5. The fraction of sp³-hybridized carbons (Fsp3) is 1.00. The first kappa shape index (κ1) is 16.6. The largest absolute Gasteiger partial charge is 0.381 e. The zero-order valence-electron chi connectivity index (χ0n) is 13.7. The van der Waals surface area contributed by atoms with Gasteiger partial charge in [-0.2, -0.15) is 11.8 Å². The minimum Gasteiger partial charge on any atom is -0.381 e. The Labute approximate surface area is 129 Å². The van der Waals surface area contributed by atoms with Crippen molar-refractivity contribution in [1.29, 1.82) is 0 Å². The molecule has 2 saturated heterocycles. The lowest BCUT2D eigenvalue weighted by molar-refractivity contribution is -0.00644. The van der Waals surface area contributed by atoms with Crippen LogP contribution in [-0.4, -0.2) is 60.8 Å². The Bertz CT molecular complexity index is 297. The molecule has 2 aliphatic rings. The SMILES string of the molecule is CC1CN(CC2(CNC(C)(C)C)CCOCC2)CCS1. The standard InChI is InChI=1S/C16H32N2OS/c1-14-11-18(7-10-20-14)13-16(5-8-19-9-6-16)12-17-15(2,3)4/h14,17H,5-13H2,1-4H3. The zero-order valence-corrected chi connectivity index (χ0v) is 14.5. The Kier molecular flexibility index (Phi) is 5.80. The van der Waals surface area contributed by atoms with E-state index in [1.807, 2.05) is 0 Å². The second-order valence-electron chi connectivity index (χ2n) is 7.63. The minimum atomic E-state index is 0.205. The van der Waals surface area contributed by atoms with Gasteiger partial charge in [-0.1, -0.05) is 6.92 Å². The fourth-order valence-corrected chi connectivity index (χ4v) is 4.24. The van der Waals surface area contributed by atoms with E-state index >= 15 is 0 Å². The van der Waals surface area contributed by atoms with E-state index in [4.69, 9.17) is 4.74 Å². The van der Waals surface area contributed by atoms with E-state index in [1.165, 1.54) is 38.2 Å². The summed E-state index contributed by atoms with van der Waals surface area (Å²) in [5.74, 6) is 1.29. The second kappa shape index (κ2) is 6.99. The van der Waals surface area contributed by atoms with Crippen LogP contribution in [0.15, 0.2) is 0 Å². The number of rotatable bonds is 4. The first-order chi connectivity index (χ1) is 9.39. The van der Waals surface area contributed by atoms with E-state index < -0.39 is 0 Å². The molecular formula is C16H32N2OS. The molecule has 0 bridgehead atoms. The molecule has 2 aliphatic heterocycles. The molecule has 0 aromatic heterocycles. The molecule has 0 radical (unpaired) electrons. The van der Waals surface area contributed by atoms with Gasteiger partial charge < -0.3 is 15.0 Å². The van der Waals surface area contributed by atoms with Gasteiger partial charge in [-0.3, -0.25) is 0 Å². The topological polar surface area (TPSA) is 24.5 Å².